The highest BCUT2D eigenvalue weighted by atomic mass is 16.6. The van der Waals surface area contributed by atoms with Crippen molar-refractivity contribution in [3.63, 3.8) is 0 Å². The molecule has 0 spiro atoms. The van der Waals surface area contributed by atoms with Gasteiger partial charge in [-0.25, -0.2) is 4.79 Å². The maximum atomic E-state index is 11.4. The Morgan fingerprint density at radius 3 is 2.57 bits per heavy atom. The molecule has 0 aromatic rings. The highest BCUT2D eigenvalue weighted by Crippen LogP contribution is 2.11. The van der Waals surface area contributed by atoms with E-state index in [-0.39, 0.29) is 12.2 Å². The first-order valence-electron chi connectivity index (χ1n) is 5.19. The van der Waals surface area contributed by atoms with E-state index in [1.807, 2.05) is 13.8 Å². The van der Waals surface area contributed by atoms with Crippen molar-refractivity contribution in [2.75, 3.05) is 19.7 Å². The molecule has 4 nitrogen and oxygen atoms in total. The van der Waals surface area contributed by atoms with Gasteiger partial charge in [-0.2, -0.15) is 0 Å². The molecule has 1 heterocycles. The smallest absolute Gasteiger partial charge is 0.409 e. The molecular weight excluding hydrogens is 182 g/mol. The van der Waals surface area contributed by atoms with E-state index in [0.717, 1.165) is 0 Å². The zero-order valence-corrected chi connectivity index (χ0v) is 8.90. The third-order valence-corrected chi connectivity index (χ3v) is 2.26. The van der Waals surface area contributed by atoms with Crippen molar-refractivity contribution in [2.45, 2.75) is 32.8 Å². The van der Waals surface area contributed by atoms with Crippen LogP contribution in [0.1, 0.15) is 26.7 Å². The van der Waals surface area contributed by atoms with Crippen molar-refractivity contribution in [1.82, 2.24) is 4.90 Å². The molecule has 0 atom stereocenters. The van der Waals surface area contributed by atoms with Gasteiger partial charge < -0.3 is 14.7 Å². The molecule has 1 rings (SSSR count). The van der Waals surface area contributed by atoms with Crippen LogP contribution in [0, 0.1) is 5.92 Å². The van der Waals surface area contributed by atoms with E-state index >= 15 is 0 Å². The van der Waals surface area contributed by atoms with Gasteiger partial charge in [0.2, 0.25) is 0 Å². The summed E-state index contributed by atoms with van der Waals surface area (Å²) in [6.45, 7) is 5.70. The maximum absolute atomic E-state index is 11.4. The average molecular weight is 201 g/mol. The minimum atomic E-state index is -0.246. The summed E-state index contributed by atoms with van der Waals surface area (Å²) in [6, 6.07) is 0. The van der Waals surface area contributed by atoms with Crippen LogP contribution in [0.25, 0.3) is 0 Å². The van der Waals surface area contributed by atoms with Crippen molar-refractivity contribution in [3.05, 3.63) is 0 Å². The minimum Gasteiger partial charge on any atom is -0.449 e. The van der Waals surface area contributed by atoms with Gasteiger partial charge in [-0.3, -0.25) is 0 Å². The lowest BCUT2D eigenvalue weighted by Crippen LogP contribution is -2.40. The van der Waals surface area contributed by atoms with E-state index in [9.17, 15) is 9.90 Å². The lowest BCUT2D eigenvalue weighted by molar-refractivity contribution is 0.0544. The van der Waals surface area contributed by atoms with Crippen molar-refractivity contribution in [1.29, 1.82) is 0 Å². The Kier molecular flexibility index (Phi) is 4.20. The van der Waals surface area contributed by atoms with Gasteiger partial charge in [0, 0.05) is 13.1 Å². The van der Waals surface area contributed by atoms with Gasteiger partial charge in [-0.1, -0.05) is 13.8 Å². The molecule has 0 unspecified atom stereocenters. The highest BCUT2D eigenvalue weighted by Gasteiger charge is 2.22. The quantitative estimate of drug-likeness (QED) is 0.731. The summed E-state index contributed by atoms with van der Waals surface area (Å²) in [7, 11) is 0. The zero-order chi connectivity index (χ0) is 10.6. The van der Waals surface area contributed by atoms with Crippen molar-refractivity contribution >= 4 is 6.09 Å². The molecule has 82 valence electrons. The summed E-state index contributed by atoms with van der Waals surface area (Å²) in [5.41, 5.74) is 0. The van der Waals surface area contributed by atoms with Gasteiger partial charge in [0.05, 0.1) is 12.7 Å². The molecule has 1 fully saturated rings. The van der Waals surface area contributed by atoms with Crippen LogP contribution in [0.2, 0.25) is 0 Å². The number of hydrogen-bond donors (Lipinski definition) is 1. The number of hydrogen-bond acceptors (Lipinski definition) is 3. The molecule has 1 aliphatic rings. The summed E-state index contributed by atoms with van der Waals surface area (Å²) < 4.78 is 5.08. The summed E-state index contributed by atoms with van der Waals surface area (Å²) in [4.78, 5) is 13.1. The first-order valence-corrected chi connectivity index (χ1v) is 5.19. The second-order valence-corrected chi connectivity index (χ2v) is 4.19. The van der Waals surface area contributed by atoms with Gasteiger partial charge in [0.25, 0.3) is 0 Å². The van der Waals surface area contributed by atoms with Crippen molar-refractivity contribution in [2.24, 2.45) is 5.92 Å². The number of ether oxygens (including phenoxy) is 1. The summed E-state index contributed by atoms with van der Waals surface area (Å²) >= 11 is 0. The molecule has 0 radical (unpaired) electrons. The van der Waals surface area contributed by atoms with Crippen LogP contribution >= 0.6 is 0 Å². The number of nitrogens with zero attached hydrogens (tertiary/aromatic N) is 1. The second-order valence-electron chi connectivity index (χ2n) is 4.19. The van der Waals surface area contributed by atoms with E-state index in [1.165, 1.54) is 0 Å². The van der Waals surface area contributed by atoms with E-state index in [1.54, 1.807) is 4.90 Å². The topological polar surface area (TPSA) is 49.8 Å². The molecule has 1 aliphatic heterocycles. The molecule has 0 aromatic heterocycles. The lowest BCUT2D eigenvalue weighted by atomic mass is 10.1. The number of piperidine rings is 1. The Hall–Kier alpha value is -0.770. The third kappa shape index (κ3) is 3.54. The predicted octanol–water partition coefficient (Wildman–Crippen LogP) is 1.24. The molecule has 14 heavy (non-hydrogen) atoms. The fourth-order valence-electron chi connectivity index (χ4n) is 1.38. The molecule has 4 heteroatoms. The number of carbonyl (C=O) groups excluding carboxylic acids is 1. The number of aliphatic hydroxyl groups is 1. The SMILES string of the molecule is CC(C)COC(=O)N1CCC(O)CC1. The number of carbonyl (C=O) groups is 1. The molecule has 0 bridgehead atoms. The molecule has 0 saturated carbocycles. The largest absolute Gasteiger partial charge is 0.449 e. The van der Waals surface area contributed by atoms with Crippen LogP contribution in [-0.2, 0) is 4.74 Å². The van der Waals surface area contributed by atoms with Gasteiger partial charge in [-0.05, 0) is 18.8 Å². The van der Waals surface area contributed by atoms with E-state index in [2.05, 4.69) is 0 Å². The Balaban J connectivity index is 2.24. The standard InChI is InChI=1S/C10H19NO3/c1-8(2)7-14-10(13)11-5-3-9(12)4-6-11/h8-9,12H,3-7H2,1-2H3. The van der Waals surface area contributed by atoms with Gasteiger partial charge >= 0.3 is 6.09 Å². The van der Waals surface area contributed by atoms with Crippen LogP contribution in [-0.4, -0.2) is 41.9 Å². The minimum absolute atomic E-state index is 0.245. The van der Waals surface area contributed by atoms with E-state index in [4.69, 9.17) is 4.74 Å². The van der Waals surface area contributed by atoms with Crippen molar-refractivity contribution < 1.29 is 14.6 Å². The molecule has 1 saturated heterocycles. The number of amides is 1. The number of likely N-dealkylation sites (tertiary alicyclic amines) is 1. The van der Waals surface area contributed by atoms with Crippen LogP contribution in [0.15, 0.2) is 0 Å². The second kappa shape index (κ2) is 5.20. The Bertz CT molecular complexity index is 186. The Labute approximate surface area is 84.8 Å². The predicted molar refractivity (Wildman–Crippen MR) is 53.0 cm³/mol. The van der Waals surface area contributed by atoms with Crippen LogP contribution in [0.5, 0.6) is 0 Å². The van der Waals surface area contributed by atoms with Gasteiger partial charge in [-0.15, -0.1) is 0 Å². The van der Waals surface area contributed by atoms with Crippen LogP contribution < -0.4 is 0 Å². The van der Waals surface area contributed by atoms with Gasteiger partial charge in [0.1, 0.15) is 0 Å². The average Bonchev–Trinajstić information content (AvgIpc) is 2.15. The third-order valence-electron chi connectivity index (χ3n) is 2.26. The first-order chi connectivity index (χ1) is 6.59. The van der Waals surface area contributed by atoms with E-state index < -0.39 is 0 Å². The summed E-state index contributed by atoms with van der Waals surface area (Å²) in [5.74, 6) is 0.370. The molecule has 0 aromatic carbocycles. The molecule has 1 N–H and O–H groups in total. The molecule has 0 aliphatic carbocycles. The summed E-state index contributed by atoms with van der Waals surface area (Å²) in [5, 5.41) is 9.25. The fourth-order valence-corrected chi connectivity index (χ4v) is 1.38. The maximum Gasteiger partial charge on any atom is 0.409 e. The highest BCUT2D eigenvalue weighted by molar-refractivity contribution is 5.67. The monoisotopic (exact) mass is 201 g/mol. The molecular formula is C10H19NO3. The van der Waals surface area contributed by atoms with Crippen LogP contribution in [0.3, 0.4) is 0 Å². The van der Waals surface area contributed by atoms with Crippen molar-refractivity contribution in [3.8, 4) is 0 Å². The Morgan fingerprint density at radius 1 is 1.50 bits per heavy atom. The number of rotatable bonds is 2. The Morgan fingerprint density at radius 2 is 2.07 bits per heavy atom. The lowest BCUT2D eigenvalue weighted by Gasteiger charge is -2.28. The normalized spacial score (nSPS) is 18.7. The zero-order valence-electron chi connectivity index (χ0n) is 8.90. The summed E-state index contributed by atoms with van der Waals surface area (Å²) in [6.07, 6.45) is 0.836. The fraction of sp³-hybridized carbons (Fsp3) is 0.900. The molecule has 1 amide bonds. The van der Waals surface area contributed by atoms with E-state index in [0.29, 0.717) is 38.5 Å². The van der Waals surface area contributed by atoms with Gasteiger partial charge in [0.15, 0.2) is 0 Å². The van der Waals surface area contributed by atoms with Crippen LogP contribution in [0.4, 0.5) is 4.79 Å². The number of aliphatic hydroxyl groups excluding tert-OH is 1. The first kappa shape index (κ1) is 11.3.